The van der Waals surface area contributed by atoms with Crippen LogP contribution < -0.4 is 5.32 Å². The number of carbonyl (C=O) groups is 1. The van der Waals surface area contributed by atoms with Crippen molar-refractivity contribution in [2.75, 3.05) is 13.7 Å². The molecule has 0 aliphatic rings. The second kappa shape index (κ2) is 5.40. The van der Waals surface area contributed by atoms with Crippen molar-refractivity contribution < 1.29 is 9.53 Å². The van der Waals surface area contributed by atoms with Gasteiger partial charge in [-0.15, -0.1) is 0 Å². The van der Waals surface area contributed by atoms with Crippen LogP contribution in [0.4, 0.5) is 0 Å². The number of hydrogen-bond acceptors (Lipinski definition) is 3. The number of likely N-dealkylation sites (N-methyl/N-ethyl adjacent to an activating group) is 1. The number of esters is 1. The molecular formula is C11H15NO2. The van der Waals surface area contributed by atoms with Crippen LogP contribution in [0.2, 0.25) is 0 Å². The van der Waals surface area contributed by atoms with Crippen LogP contribution >= 0.6 is 0 Å². The fourth-order valence-electron chi connectivity index (χ4n) is 1.29. The molecule has 0 amide bonds. The lowest BCUT2D eigenvalue weighted by Crippen LogP contribution is -2.27. The van der Waals surface area contributed by atoms with E-state index in [4.69, 9.17) is 4.74 Å². The molecule has 0 spiro atoms. The highest BCUT2D eigenvalue weighted by molar-refractivity contribution is 5.77. The van der Waals surface area contributed by atoms with Gasteiger partial charge in [0, 0.05) is 0 Å². The molecule has 1 atom stereocenters. The third-order valence-electron chi connectivity index (χ3n) is 1.94. The molecule has 1 unspecified atom stereocenters. The molecule has 14 heavy (non-hydrogen) atoms. The van der Waals surface area contributed by atoms with Gasteiger partial charge in [-0.3, -0.25) is 0 Å². The van der Waals surface area contributed by atoms with Gasteiger partial charge >= 0.3 is 5.97 Å². The summed E-state index contributed by atoms with van der Waals surface area (Å²) in [5, 5.41) is 2.93. The highest BCUT2D eigenvalue weighted by Gasteiger charge is 2.18. The Morgan fingerprint density at radius 2 is 2.07 bits per heavy atom. The lowest BCUT2D eigenvalue weighted by Gasteiger charge is -2.14. The molecule has 1 N–H and O–H groups in total. The molecule has 0 saturated carbocycles. The molecule has 1 aromatic carbocycles. The van der Waals surface area contributed by atoms with Gasteiger partial charge in [0.05, 0.1) is 6.61 Å². The number of ether oxygens (including phenoxy) is 1. The van der Waals surface area contributed by atoms with E-state index >= 15 is 0 Å². The number of carbonyl (C=O) groups excluding carboxylic acids is 1. The third-order valence-corrected chi connectivity index (χ3v) is 1.94. The average molecular weight is 193 g/mol. The largest absolute Gasteiger partial charge is 0.465 e. The number of benzene rings is 1. The van der Waals surface area contributed by atoms with Gasteiger partial charge in [0.2, 0.25) is 0 Å². The van der Waals surface area contributed by atoms with Crippen LogP contribution in [-0.4, -0.2) is 19.6 Å². The van der Waals surface area contributed by atoms with Crippen molar-refractivity contribution >= 4 is 5.97 Å². The molecule has 76 valence electrons. The van der Waals surface area contributed by atoms with Crippen molar-refractivity contribution in [1.29, 1.82) is 0 Å². The first-order valence-corrected chi connectivity index (χ1v) is 4.68. The van der Waals surface area contributed by atoms with Crippen molar-refractivity contribution in [3.05, 3.63) is 35.9 Å². The van der Waals surface area contributed by atoms with Crippen LogP contribution in [0.25, 0.3) is 0 Å². The van der Waals surface area contributed by atoms with Gasteiger partial charge in [-0.05, 0) is 19.5 Å². The summed E-state index contributed by atoms with van der Waals surface area (Å²) >= 11 is 0. The van der Waals surface area contributed by atoms with E-state index in [0.717, 1.165) is 5.56 Å². The Hall–Kier alpha value is -1.35. The molecule has 0 bridgehead atoms. The average Bonchev–Trinajstić information content (AvgIpc) is 2.21. The van der Waals surface area contributed by atoms with E-state index in [1.54, 1.807) is 14.0 Å². The molecule has 1 rings (SSSR count). The summed E-state index contributed by atoms with van der Waals surface area (Å²) in [7, 11) is 1.74. The Kier molecular flexibility index (Phi) is 4.13. The Morgan fingerprint density at radius 3 is 2.57 bits per heavy atom. The monoisotopic (exact) mass is 193 g/mol. The summed E-state index contributed by atoms with van der Waals surface area (Å²) in [6.07, 6.45) is 0. The second-order valence-corrected chi connectivity index (χ2v) is 2.88. The Bertz CT molecular complexity index is 285. The van der Waals surface area contributed by atoms with Gasteiger partial charge in [0.25, 0.3) is 0 Å². The fraction of sp³-hybridized carbons (Fsp3) is 0.364. The highest BCUT2D eigenvalue weighted by Crippen LogP contribution is 2.13. The van der Waals surface area contributed by atoms with E-state index in [-0.39, 0.29) is 12.0 Å². The van der Waals surface area contributed by atoms with Crippen LogP contribution in [-0.2, 0) is 9.53 Å². The predicted octanol–water partition coefficient (Wildman–Crippen LogP) is 1.51. The molecule has 1 aromatic rings. The second-order valence-electron chi connectivity index (χ2n) is 2.88. The van der Waals surface area contributed by atoms with Crippen LogP contribution in [0.5, 0.6) is 0 Å². The lowest BCUT2D eigenvalue weighted by molar-refractivity contribution is -0.145. The van der Waals surface area contributed by atoms with Gasteiger partial charge in [0.1, 0.15) is 6.04 Å². The zero-order valence-electron chi connectivity index (χ0n) is 8.49. The standard InChI is InChI=1S/C11H15NO2/c1-3-14-11(13)10(12-2)9-7-5-4-6-8-9/h4-8,10,12H,3H2,1-2H3. The van der Waals surface area contributed by atoms with E-state index in [9.17, 15) is 4.79 Å². The Labute approximate surface area is 84.1 Å². The fourth-order valence-corrected chi connectivity index (χ4v) is 1.29. The van der Waals surface area contributed by atoms with Gasteiger partial charge in [0.15, 0.2) is 0 Å². The minimum atomic E-state index is -0.365. The van der Waals surface area contributed by atoms with Crippen molar-refractivity contribution in [1.82, 2.24) is 5.32 Å². The molecule has 0 fully saturated rings. The van der Waals surface area contributed by atoms with Crippen molar-refractivity contribution in [3.8, 4) is 0 Å². The van der Waals surface area contributed by atoms with Gasteiger partial charge in [-0.2, -0.15) is 0 Å². The first-order valence-electron chi connectivity index (χ1n) is 4.68. The summed E-state index contributed by atoms with van der Waals surface area (Å²) < 4.78 is 4.95. The lowest BCUT2D eigenvalue weighted by atomic mass is 10.1. The summed E-state index contributed by atoms with van der Waals surface area (Å²) in [6, 6.07) is 9.16. The zero-order chi connectivity index (χ0) is 10.4. The van der Waals surface area contributed by atoms with Crippen molar-refractivity contribution in [2.24, 2.45) is 0 Å². The van der Waals surface area contributed by atoms with Crippen LogP contribution in [0.15, 0.2) is 30.3 Å². The van der Waals surface area contributed by atoms with E-state index < -0.39 is 0 Å². The maximum absolute atomic E-state index is 11.5. The van der Waals surface area contributed by atoms with E-state index in [2.05, 4.69) is 5.32 Å². The number of rotatable bonds is 4. The number of nitrogens with one attached hydrogen (secondary N) is 1. The smallest absolute Gasteiger partial charge is 0.327 e. The summed E-state index contributed by atoms with van der Waals surface area (Å²) in [4.78, 5) is 11.5. The Morgan fingerprint density at radius 1 is 1.43 bits per heavy atom. The van der Waals surface area contributed by atoms with Gasteiger partial charge in [-0.25, -0.2) is 4.79 Å². The summed E-state index contributed by atoms with van der Waals surface area (Å²) in [5.74, 6) is -0.235. The molecule has 0 heterocycles. The number of hydrogen-bond donors (Lipinski definition) is 1. The molecule has 3 heteroatoms. The molecular weight excluding hydrogens is 178 g/mol. The van der Waals surface area contributed by atoms with Crippen molar-refractivity contribution in [2.45, 2.75) is 13.0 Å². The van der Waals surface area contributed by atoms with Crippen LogP contribution in [0.3, 0.4) is 0 Å². The zero-order valence-corrected chi connectivity index (χ0v) is 8.49. The van der Waals surface area contributed by atoms with Crippen LogP contribution in [0.1, 0.15) is 18.5 Å². The predicted molar refractivity (Wildman–Crippen MR) is 54.9 cm³/mol. The van der Waals surface area contributed by atoms with Gasteiger partial charge < -0.3 is 10.1 Å². The highest BCUT2D eigenvalue weighted by atomic mass is 16.5. The molecule has 3 nitrogen and oxygen atoms in total. The summed E-state index contributed by atoms with van der Waals surface area (Å²) in [5.41, 5.74) is 0.924. The van der Waals surface area contributed by atoms with Gasteiger partial charge in [-0.1, -0.05) is 30.3 Å². The molecule has 0 aliphatic carbocycles. The minimum Gasteiger partial charge on any atom is -0.465 e. The SMILES string of the molecule is CCOC(=O)C(NC)c1ccccc1. The van der Waals surface area contributed by atoms with E-state index in [0.29, 0.717) is 6.61 Å². The molecule has 0 radical (unpaired) electrons. The Balaban J connectivity index is 2.77. The molecule has 0 saturated heterocycles. The maximum Gasteiger partial charge on any atom is 0.327 e. The quantitative estimate of drug-likeness (QED) is 0.737. The normalized spacial score (nSPS) is 12.1. The van der Waals surface area contributed by atoms with E-state index in [1.807, 2.05) is 30.3 Å². The summed E-state index contributed by atoms with van der Waals surface area (Å²) in [6.45, 7) is 2.21. The first kappa shape index (κ1) is 10.7. The third kappa shape index (κ3) is 2.57. The van der Waals surface area contributed by atoms with Crippen LogP contribution in [0, 0.1) is 0 Å². The molecule has 0 aromatic heterocycles. The molecule has 0 aliphatic heterocycles. The topological polar surface area (TPSA) is 38.3 Å². The minimum absolute atomic E-state index is 0.235. The van der Waals surface area contributed by atoms with E-state index in [1.165, 1.54) is 0 Å². The van der Waals surface area contributed by atoms with Crippen molar-refractivity contribution in [3.63, 3.8) is 0 Å². The maximum atomic E-state index is 11.5. The first-order chi connectivity index (χ1) is 6.79.